The quantitative estimate of drug-likeness (QED) is 0.193. The molecular weight excluding hydrogens is 116 g/mol. The van der Waals surface area contributed by atoms with Gasteiger partial charge in [0.25, 0.3) is 0 Å². The molecule has 1 aliphatic rings. The Morgan fingerprint density at radius 1 is 1.22 bits per heavy atom. The predicted molar refractivity (Wildman–Crippen MR) is 36.6 cm³/mol. The van der Waals surface area contributed by atoms with Crippen LogP contribution in [0, 0.1) is 0 Å². The Morgan fingerprint density at radius 2 is 1.67 bits per heavy atom. The molecular formula is H7B3N6. The minimum Gasteiger partial charge on any atom is -0.377 e. The number of nitrogens with zero attached hydrogens (tertiary/aromatic N) is 2. The van der Waals surface area contributed by atoms with Crippen molar-refractivity contribution >= 4 is 22.2 Å². The van der Waals surface area contributed by atoms with Crippen molar-refractivity contribution in [2.75, 3.05) is 0 Å². The molecule has 0 aliphatic carbocycles. The third kappa shape index (κ3) is 1.45. The van der Waals surface area contributed by atoms with Gasteiger partial charge in [-0.15, -0.1) is 0 Å². The molecule has 1 aliphatic heterocycles. The highest BCUT2D eigenvalue weighted by Gasteiger charge is 2.28. The number of rotatable bonds is 0. The highest BCUT2D eigenvalue weighted by Crippen LogP contribution is 1.83. The zero-order chi connectivity index (χ0) is 6.85. The maximum absolute atomic E-state index is 5.42. The predicted octanol–water partition coefficient (Wildman–Crippen LogP) is -4.05. The minimum atomic E-state index is -0.480. The van der Waals surface area contributed by atoms with Gasteiger partial charge < -0.3 is 10.8 Å². The van der Waals surface area contributed by atoms with Crippen LogP contribution in [-0.2, 0) is 0 Å². The van der Waals surface area contributed by atoms with Gasteiger partial charge in [-0.2, -0.15) is 0 Å². The lowest BCUT2D eigenvalue weighted by molar-refractivity contribution is 0.564. The first kappa shape index (κ1) is 7.07. The Hall–Kier alpha value is -0.0452. The molecule has 0 aromatic rings. The van der Waals surface area contributed by atoms with Crippen molar-refractivity contribution in [3.63, 3.8) is 0 Å². The van der Waals surface area contributed by atoms with Gasteiger partial charge in [0.2, 0.25) is 0 Å². The van der Waals surface area contributed by atoms with E-state index >= 15 is 0 Å². The first-order valence-electron chi connectivity index (χ1n) is 2.46. The van der Waals surface area contributed by atoms with Gasteiger partial charge >= 0.3 is 22.2 Å². The molecule has 6 nitrogen and oxygen atoms in total. The van der Waals surface area contributed by atoms with E-state index in [9.17, 15) is 0 Å². The summed E-state index contributed by atoms with van der Waals surface area (Å²) in [5.74, 6) is 10.6. The number of hydrazine groups is 2. The third-order valence-corrected chi connectivity index (χ3v) is 1.06. The SMILES string of the molecule is NB1N(N)[B]N[B]N1N. The van der Waals surface area contributed by atoms with Gasteiger partial charge in [-0.3, -0.25) is 21.3 Å². The van der Waals surface area contributed by atoms with Crippen LogP contribution in [0.25, 0.3) is 0 Å². The average molecular weight is 124 g/mol. The van der Waals surface area contributed by atoms with Crippen LogP contribution in [0.4, 0.5) is 0 Å². The lowest BCUT2D eigenvalue weighted by Gasteiger charge is -2.31. The van der Waals surface area contributed by atoms with Crippen LogP contribution in [0.5, 0.6) is 0 Å². The van der Waals surface area contributed by atoms with Crippen molar-refractivity contribution < 1.29 is 0 Å². The molecule has 7 N–H and O–H groups in total. The Balaban J connectivity index is 2.41. The lowest BCUT2D eigenvalue weighted by atomic mass is 9.74. The summed E-state index contributed by atoms with van der Waals surface area (Å²) in [6, 6.07) is 0. The summed E-state index contributed by atoms with van der Waals surface area (Å²) in [6.07, 6.45) is 0. The maximum Gasteiger partial charge on any atom is 0.404 e. The Morgan fingerprint density at radius 3 is 2.00 bits per heavy atom. The molecule has 2 radical (unpaired) electrons. The molecule has 0 saturated carbocycles. The van der Waals surface area contributed by atoms with E-state index in [-0.39, 0.29) is 0 Å². The van der Waals surface area contributed by atoms with Crippen LogP contribution in [-0.4, -0.2) is 31.9 Å². The number of nitrogens with two attached hydrogens (primary N) is 3. The third-order valence-electron chi connectivity index (χ3n) is 1.06. The summed E-state index contributed by atoms with van der Waals surface area (Å²) in [5, 5.41) is 2.69. The van der Waals surface area contributed by atoms with E-state index < -0.39 is 7.12 Å². The fraction of sp³-hybridized carbons (Fsp3) is 0. The normalized spacial score (nSPS) is 23.2. The Kier molecular flexibility index (Phi) is 2.11. The van der Waals surface area contributed by atoms with E-state index in [2.05, 4.69) is 5.14 Å². The molecule has 1 heterocycles. The lowest BCUT2D eigenvalue weighted by Crippen LogP contribution is -2.74. The van der Waals surface area contributed by atoms with Gasteiger partial charge in [0.15, 0.2) is 0 Å². The molecule has 9 heavy (non-hydrogen) atoms. The first-order valence-corrected chi connectivity index (χ1v) is 2.46. The first-order chi connectivity index (χ1) is 4.22. The maximum atomic E-state index is 5.42. The van der Waals surface area contributed by atoms with E-state index in [1.807, 2.05) is 0 Å². The van der Waals surface area contributed by atoms with Crippen LogP contribution in [0.1, 0.15) is 0 Å². The van der Waals surface area contributed by atoms with E-state index in [1.54, 1.807) is 0 Å². The Labute approximate surface area is 55.4 Å². The van der Waals surface area contributed by atoms with Crippen LogP contribution in [0.2, 0.25) is 0 Å². The van der Waals surface area contributed by atoms with Gasteiger partial charge in [0.1, 0.15) is 0 Å². The fourth-order valence-electron chi connectivity index (χ4n) is 0.512. The zero-order valence-corrected chi connectivity index (χ0v) is 4.86. The van der Waals surface area contributed by atoms with Crippen molar-refractivity contribution in [3.8, 4) is 0 Å². The number of hydrogen-bond donors (Lipinski definition) is 4. The molecule has 9 heteroatoms. The zero-order valence-electron chi connectivity index (χ0n) is 4.86. The molecule has 1 rings (SSSR count). The molecule has 1 saturated heterocycles. The van der Waals surface area contributed by atoms with E-state index in [0.717, 1.165) is 0 Å². The largest absolute Gasteiger partial charge is 0.404 e. The smallest absolute Gasteiger partial charge is 0.377 e. The summed E-state index contributed by atoms with van der Waals surface area (Å²) in [4.78, 5) is 2.53. The molecule has 1 fully saturated rings. The average Bonchev–Trinajstić information content (AvgIpc) is 1.83. The number of nitrogens with one attached hydrogen (secondary N) is 1. The van der Waals surface area contributed by atoms with Crippen LogP contribution in [0.15, 0.2) is 0 Å². The monoisotopic (exact) mass is 124 g/mol. The highest BCUT2D eigenvalue weighted by molar-refractivity contribution is 6.72. The van der Waals surface area contributed by atoms with Gasteiger partial charge in [-0.25, -0.2) is 0 Å². The van der Waals surface area contributed by atoms with Crippen molar-refractivity contribution in [3.05, 3.63) is 0 Å². The van der Waals surface area contributed by atoms with Gasteiger partial charge in [0, 0.05) is 0 Å². The second-order valence-corrected chi connectivity index (χ2v) is 1.73. The summed E-state index contributed by atoms with van der Waals surface area (Å²) in [5.41, 5.74) is 5.42. The second-order valence-electron chi connectivity index (χ2n) is 1.73. The minimum absolute atomic E-state index is 0.480. The molecule has 0 spiro atoms. The van der Waals surface area contributed by atoms with Crippen LogP contribution < -0.4 is 22.5 Å². The molecule has 0 unspecified atom stereocenters. The Bertz CT molecular complexity index is 84.3. The standard InChI is InChI=1S/B3H7N6/c4-3-8(5)1-7-2-9(3)6/h7H,4-6H2. The van der Waals surface area contributed by atoms with Gasteiger partial charge in [-0.1, -0.05) is 0 Å². The van der Waals surface area contributed by atoms with Crippen molar-refractivity contribution in [2.24, 2.45) is 17.3 Å². The van der Waals surface area contributed by atoms with Gasteiger partial charge in [-0.05, 0) is 0 Å². The summed E-state index contributed by atoms with van der Waals surface area (Å²) in [7, 11) is 2.56. The summed E-state index contributed by atoms with van der Waals surface area (Å²) >= 11 is 0. The van der Waals surface area contributed by atoms with Crippen molar-refractivity contribution in [1.82, 2.24) is 14.8 Å². The topological polar surface area (TPSA) is 96.6 Å². The highest BCUT2D eigenvalue weighted by atomic mass is 15.5. The molecule has 0 aromatic heterocycles. The molecule has 0 aromatic carbocycles. The van der Waals surface area contributed by atoms with Gasteiger partial charge in [0.05, 0.1) is 0 Å². The van der Waals surface area contributed by atoms with Crippen LogP contribution >= 0.6 is 0 Å². The second kappa shape index (κ2) is 2.69. The molecule has 0 bridgehead atoms. The molecule has 0 atom stereocenters. The van der Waals surface area contributed by atoms with Crippen LogP contribution in [0.3, 0.4) is 0 Å². The van der Waals surface area contributed by atoms with E-state index in [0.29, 0.717) is 0 Å². The summed E-state index contributed by atoms with van der Waals surface area (Å²) in [6.45, 7) is 0. The molecule has 0 amide bonds. The fourth-order valence-corrected chi connectivity index (χ4v) is 0.512. The van der Waals surface area contributed by atoms with Crippen molar-refractivity contribution in [1.29, 1.82) is 0 Å². The van der Waals surface area contributed by atoms with Crippen molar-refractivity contribution in [2.45, 2.75) is 0 Å². The number of hydrogen-bond acceptors (Lipinski definition) is 6. The van der Waals surface area contributed by atoms with E-state index in [1.165, 1.54) is 24.8 Å². The van der Waals surface area contributed by atoms with E-state index in [4.69, 9.17) is 17.3 Å². The molecule has 46 valence electrons. The summed E-state index contributed by atoms with van der Waals surface area (Å²) < 4.78 is 0.